The molecule has 0 amide bonds. The van der Waals surface area contributed by atoms with Gasteiger partial charge in [0.1, 0.15) is 0 Å². The van der Waals surface area contributed by atoms with Crippen molar-refractivity contribution in [2.45, 2.75) is 37.8 Å². The van der Waals surface area contributed by atoms with E-state index in [1.807, 2.05) is 7.11 Å². The van der Waals surface area contributed by atoms with Crippen LogP contribution in [0.1, 0.15) is 26.2 Å². The maximum atomic E-state index is 6.27. The molecule has 4 heteroatoms. The standard InChI is InChI=1S/C15H29N3O/c1-12-3-7-18(10-14(12)19-2)15(11-16)5-8-17-6-4-13(15)9-17/h12-14H,3-11,16H2,1-2H3. The van der Waals surface area contributed by atoms with Crippen LogP contribution in [0, 0.1) is 11.8 Å². The summed E-state index contributed by atoms with van der Waals surface area (Å²) >= 11 is 0. The summed E-state index contributed by atoms with van der Waals surface area (Å²) in [7, 11) is 1.86. The molecule has 3 saturated heterocycles. The molecule has 0 saturated carbocycles. The van der Waals surface area contributed by atoms with Crippen molar-refractivity contribution >= 4 is 0 Å². The van der Waals surface area contributed by atoms with Gasteiger partial charge in [-0.1, -0.05) is 6.92 Å². The van der Waals surface area contributed by atoms with Crippen molar-refractivity contribution in [2.24, 2.45) is 17.6 Å². The fraction of sp³-hybridized carbons (Fsp3) is 1.00. The van der Waals surface area contributed by atoms with E-state index < -0.39 is 0 Å². The highest BCUT2D eigenvalue weighted by Gasteiger charge is 2.50. The van der Waals surface area contributed by atoms with Gasteiger partial charge in [-0.3, -0.25) is 4.90 Å². The maximum absolute atomic E-state index is 6.27. The Kier molecular flexibility index (Phi) is 3.87. The Morgan fingerprint density at radius 3 is 2.79 bits per heavy atom. The molecule has 5 atom stereocenters. The van der Waals surface area contributed by atoms with Crippen LogP contribution in [0.4, 0.5) is 0 Å². The first-order valence-electron chi connectivity index (χ1n) is 7.90. The van der Waals surface area contributed by atoms with Crippen LogP contribution in [0.3, 0.4) is 0 Å². The zero-order chi connectivity index (χ0) is 13.5. The molecule has 5 unspecified atom stereocenters. The Labute approximate surface area is 117 Å². The van der Waals surface area contributed by atoms with E-state index in [0.717, 1.165) is 19.0 Å². The smallest absolute Gasteiger partial charge is 0.0724 e. The summed E-state index contributed by atoms with van der Waals surface area (Å²) in [5, 5.41) is 0. The van der Waals surface area contributed by atoms with Crippen LogP contribution < -0.4 is 5.73 Å². The molecule has 0 aliphatic carbocycles. The highest BCUT2D eigenvalue weighted by atomic mass is 16.5. The van der Waals surface area contributed by atoms with Gasteiger partial charge in [-0.15, -0.1) is 0 Å². The third kappa shape index (κ3) is 2.23. The van der Waals surface area contributed by atoms with Crippen LogP contribution in [-0.4, -0.2) is 67.8 Å². The van der Waals surface area contributed by atoms with E-state index in [2.05, 4.69) is 16.7 Å². The van der Waals surface area contributed by atoms with Gasteiger partial charge in [0, 0.05) is 32.3 Å². The van der Waals surface area contributed by atoms with Crippen molar-refractivity contribution in [1.82, 2.24) is 9.80 Å². The molecule has 0 radical (unpaired) electrons. The molecule has 0 spiro atoms. The third-order valence-electron chi connectivity index (χ3n) is 6.07. The minimum Gasteiger partial charge on any atom is -0.380 e. The molecule has 3 fully saturated rings. The Hall–Kier alpha value is -0.160. The molecular weight excluding hydrogens is 238 g/mol. The van der Waals surface area contributed by atoms with Crippen molar-refractivity contribution in [3.63, 3.8) is 0 Å². The van der Waals surface area contributed by atoms with Gasteiger partial charge in [0.2, 0.25) is 0 Å². The number of hydrogen-bond acceptors (Lipinski definition) is 4. The molecule has 4 nitrogen and oxygen atoms in total. The van der Waals surface area contributed by atoms with Gasteiger partial charge in [-0.25, -0.2) is 0 Å². The second-order valence-corrected chi connectivity index (χ2v) is 6.83. The van der Waals surface area contributed by atoms with E-state index in [1.54, 1.807) is 0 Å². The van der Waals surface area contributed by atoms with Gasteiger partial charge in [-0.2, -0.15) is 0 Å². The van der Waals surface area contributed by atoms with E-state index in [9.17, 15) is 0 Å². The van der Waals surface area contributed by atoms with E-state index >= 15 is 0 Å². The number of ether oxygens (including phenoxy) is 1. The third-order valence-corrected chi connectivity index (χ3v) is 6.07. The quantitative estimate of drug-likeness (QED) is 0.820. The largest absolute Gasteiger partial charge is 0.380 e. The SMILES string of the molecule is COC1CN(C2(CN)CCN3CCC2C3)CCC1C. The Morgan fingerprint density at radius 1 is 1.21 bits per heavy atom. The van der Waals surface area contributed by atoms with Crippen molar-refractivity contribution in [1.29, 1.82) is 0 Å². The zero-order valence-electron chi connectivity index (χ0n) is 12.5. The molecule has 3 heterocycles. The lowest BCUT2D eigenvalue weighted by molar-refractivity contribution is -0.0723. The topological polar surface area (TPSA) is 41.7 Å². The first-order valence-corrected chi connectivity index (χ1v) is 7.90. The lowest BCUT2D eigenvalue weighted by Crippen LogP contribution is -2.65. The number of fused-ring (bicyclic) bond motifs is 2. The van der Waals surface area contributed by atoms with Crippen LogP contribution >= 0.6 is 0 Å². The molecule has 2 N–H and O–H groups in total. The van der Waals surface area contributed by atoms with Gasteiger partial charge < -0.3 is 15.4 Å². The number of nitrogens with two attached hydrogens (primary N) is 1. The van der Waals surface area contributed by atoms with Gasteiger partial charge in [0.05, 0.1) is 6.10 Å². The molecular formula is C15H29N3O. The minimum absolute atomic E-state index is 0.254. The molecule has 3 aliphatic heterocycles. The van der Waals surface area contributed by atoms with Gasteiger partial charge in [0.25, 0.3) is 0 Å². The predicted octanol–water partition coefficient (Wildman–Crippen LogP) is 0.766. The van der Waals surface area contributed by atoms with Gasteiger partial charge >= 0.3 is 0 Å². The highest BCUT2D eigenvalue weighted by Crippen LogP contribution is 2.41. The second kappa shape index (κ2) is 5.32. The second-order valence-electron chi connectivity index (χ2n) is 6.83. The van der Waals surface area contributed by atoms with Crippen molar-refractivity contribution in [2.75, 3.05) is 46.4 Å². The summed E-state index contributed by atoms with van der Waals surface area (Å²) in [6.07, 6.45) is 4.22. The highest BCUT2D eigenvalue weighted by molar-refractivity contribution is 5.06. The van der Waals surface area contributed by atoms with E-state index in [-0.39, 0.29) is 5.54 Å². The number of rotatable bonds is 3. The fourth-order valence-corrected chi connectivity index (χ4v) is 4.59. The summed E-state index contributed by atoms with van der Waals surface area (Å²) in [6, 6.07) is 0. The number of likely N-dealkylation sites (tertiary alicyclic amines) is 1. The maximum Gasteiger partial charge on any atom is 0.0724 e. The summed E-state index contributed by atoms with van der Waals surface area (Å²) in [5.74, 6) is 1.46. The van der Waals surface area contributed by atoms with Crippen molar-refractivity contribution < 1.29 is 4.74 Å². The average Bonchev–Trinajstić information content (AvgIpc) is 2.84. The molecule has 110 valence electrons. The van der Waals surface area contributed by atoms with Crippen LogP contribution in [0.15, 0.2) is 0 Å². The van der Waals surface area contributed by atoms with E-state index in [4.69, 9.17) is 10.5 Å². The predicted molar refractivity (Wildman–Crippen MR) is 77.1 cm³/mol. The summed E-state index contributed by atoms with van der Waals surface area (Å²) in [6.45, 7) is 9.19. The minimum atomic E-state index is 0.254. The summed E-state index contributed by atoms with van der Waals surface area (Å²) < 4.78 is 5.70. The average molecular weight is 267 g/mol. The lowest BCUT2D eigenvalue weighted by atomic mass is 9.75. The van der Waals surface area contributed by atoms with Gasteiger partial charge in [-0.05, 0) is 50.7 Å². The van der Waals surface area contributed by atoms with Crippen LogP contribution in [-0.2, 0) is 4.74 Å². The van der Waals surface area contributed by atoms with Gasteiger partial charge in [0.15, 0.2) is 0 Å². The lowest BCUT2D eigenvalue weighted by Gasteiger charge is -2.53. The Morgan fingerprint density at radius 2 is 2.05 bits per heavy atom. The molecule has 3 rings (SSSR count). The first kappa shape index (κ1) is 13.8. The summed E-state index contributed by atoms with van der Waals surface area (Å²) in [4.78, 5) is 5.30. The number of methoxy groups -OCH3 is 1. The van der Waals surface area contributed by atoms with Crippen LogP contribution in [0.5, 0.6) is 0 Å². The molecule has 0 aromatic rings. The van der Waals surface area contributed by atoms with Crippen molar-refractivity contribution in [3.8, 4) is 0 Å². The molecule has 3 aliphatic rings. The number of piperidine rings is 2. The summed E-state index contributed by atoms with van der Waals surface area (Å²) in [5.41, 5.74) is 6.53. The van der Waals surface area contributed by atoms with E-state index in [1.165, 1.54) is 45.4 Å². The molecule has 2 bridgehead atoms. The molecule has 19 heavy (non-hydrogen) atoms. The first-order chi connectivity index (χ1) is 9.19. The molecule has 0 aromatic carbocycles. The Bertz CT molecular complexity index is 325. The van der Waals surface area contributed by atoms with Crippen LogP contribution in [0.25, 0.3) is 0 Å². The van der Waals surface area contributed by atoms with Crippen molar-refractivity contribution in [3.05, 3.63) is 0 Å². The fourth-order valence-electron chi connectivity index (χ4n) is 4.59. The monoisotopic (exact) mass is 267 g/mol. The zero-order valence-corrected chi connectivity index (χ0v) is 12.5. The number of hydrogen-bond donors (Lipinski definition) is 1. The van der Waals surface area contributed by atoms with Crippen LogP contribution in [0.2, 0.25) is 0 Å². The Balaban J connectivity index is 1.78. The molecule has 0 aromatic heterocycles. The van der Waals surface area contributed by atoms with E-state index in [0.29, 0.717) is 12.0 Å². The number of nitrogens with zero attached hydrogens (tertiary/aromatic N) is 2. The normalized spacial score (nSPS) is 47.5.